The highest BCUT2D eigenvalue weighted by molar-refractivity contribution is 7.16. The van der Waals surface area contributed by atoms with E-state index >= 15 is 0 Å². The quantitative estimate of drug-likeness (QED) is 0.888. The van der Waals surface area contributed by atoms with Crippen LogP contribution in [0.3, 0.4) is 0 Å². The number of halogens is 1. The Balaban J connectivity index is 2.07. The second kappa shape index (κ2) is 6.13. The lowest BCUT2D eigenvalue weighted by Gasteiger charge is -2.35. The summed E-state index contributed by atoms with van der Waals surface area (Å²) in [5.74, 6) is 0. The predicted octanol–water partition coefficient (Wildman–Crippen LogP) is 4.00. The highest BCUT2D eigenvalue weighted by Crippen LogP contribution is 2.27. The first-order valence-electron chi connectivity index (χ1n) is 7.08. The first-order chi connectivity index (χ1) is 8.86. The van der Waals surface area contributed by atoms with Crippen molar-refractivity contribution in [3.05, 3.63) is 21.3 Å². The molecular formula is C15H25ClN2S. The van der Waals surface area contributed by atoms with Gasteiger partial charge in [0, 0.05) is 30.1 Å². The zero-order valence-corrected chi connectivity index (χ0v) is 13.9. The standard InChI is InChI=1S/C15H25ClN2S/c1-11-7-8-17-13(15(2,3)4)10-18(11)9-12-5-6-14(16)19-12/h5-6,11,13,17H,7-10H2,1-4H3. The van der Waals surface area contributed by atoms with E-state index in [9.17, 15) is 0 Å². The van der Waals surface area contributed by atoms with E-state index in [-0.39, 0.29) is 0 Å². The van der Waals surface area contributed by atoms with Gasteiger partial charge in [-0.3, -0.25) is 4.90 Å². The largest absolute Gasteiger partial charge is 0.312 e. The lowest BCUT2D eigenvalue weighted by atomic mass is 9.86. The molecule has 1 aliphatic heterocycles. The summed E-state index contributed by atoms with van der Waals surface area (Å²) in [5, 5.41) is 3.71. The Bertz CT molecular complexity index is 411. The third-order valence-corrected chi connectivity index (χ3v) is 5.24. The van der Waals surface area contributed by atoms with Gasteiger partial charge in [-0.05, 0) is 37.4 Å². The van der Waals surface area contributed by atoms with Crippen LogP contribution in [0.5, 0.6) is 0 Å². The molecule has 19 heavy (non-hydrogen) atoms. The Labute approximate surface area is 126 Å². The van der Waals surface area contributed by atoms with E-state index in [1.807, 2.05) is 6.07 Å². The molecule has 4 heteroatoms. The van der Waals surface area contributed by atoms with E-state index in [2.05, 4.69) is 44.0 Å². The molecule has 2 rings (SSSR count). The molecule has 0 spiro atoms. The van der Waals surface area contributed by atoms with Gasteiger partial charge in [-0.15, -0.1) is 11.3 Å². The van der Waals surface area contributed by atoms with Gasteiger partial charge in [-0.25, -0.2) is 0 Å². The van der Waals surface area contributed by atoms with Crippen LogP contribution in [0, 0.1) is 5.41 Å². The first kappa shape index (κ1) is 15.3. The molecule has 1 aliphatic rings. The lowest BCUT2D eigenvalue weighted by molar-refractivity contribution is 0.158. The minimum Gasteiger partial charge on any atom is -0.312 e. The smallest absolute Gasteiger partial charge is 0.0931 e. The Morgan fingerprint density at radius 3 is 2.74 bits per heavy atom. The van der Waals surface area contributed by atoms with Crippen molar-refractivity contribution in [1.82, 2.24) is 10.2 Å². The molecule has 2 unspecified atom stereocenters. The maximum Gasteiger partial charge on any atom is 0.0931 e. The van der Waals surface area contributed by atoms with E-state index in [0.717, 1.165) is 24.0 Å². The second-order valence-corrected chi connectivity index (χ2v) is 8.45. The third-order valence-electron chi connectivity index (χ3n) is 4.03. The predicted molar refractivity (Wildman–Crippen MR) is 85.1 cm³/mol. The summed E-state index contributed by atoms with van der Waals surface area (Å²) >= 11 is 7.74. The van der Waals surface area contributed by atoms with Gasteiger partial charge in [-0.1, -0.05) is 32.4 Å². The Hall–Kier alpha value is -0.0900. The summed E-state index contributed by atoms with van der Waals surface area (Å²) in [4.78, 5) is 3.96. The summed E-state index contributed by atoms with van der Waals surface area (Å²) in [7, 11) is 0. The maximum atomic E-state index is 6.04. The van der Waals surface area contributed by atoms with Crippen LogP contribution in [0.25, 0.3) is 0 Å². The van der Waals surface area contributed by atoms with Crippen molar-refractivity contribution in [1.29, 1.82) is 0 Å². The average molecular weight is 301 g/mol. The zero-order chi connectivity index (χ0) is 14.0. The van der Waals surface area contributed by atoms with Crippen molar-refractivity contribution >= 4 is 22.9 Å². The van der Waals surface area contributed by atoms with Gasteiger partial charge in [0.2, 0.25) is 0 Å². The van der Waals surface area contributed by atoms with E-state index in [1.54, 1.807) is 11.3 Å². The summed E-state index contributed by atoms with van der Waals surface area (Å²) in [6.45, 7) is 12.5. The average Bonchev–Trinajstić information content (AvgIpc) is 2.60. The second-order valence-electron chi connectivity index (χ2n) is 6.65. The van der Waals surface area contributed by atoms with Gasteiger partial charge in [-0.2, -0.15) is 0 Å². The van der Waals surface area contributed by atoms with Crippen LogP contribution in [0.1, 0.15) is 39.0 Å². The molecule has 0 aliphatic carbocycles. The summed E-state index contributed by atoms with van der Waals surface area (Å²) in [6, 6.07) is 5.34. The SMILES string of the molecule is CC1CCNC(C(C)(C)C)CN1Cc1ccc(Cl)s1. The van der Waals surface area contributed by atoms with Crippen LogP contribution in [-0.2, 0) is 6.54 Å². The zero-order valence-electron chi connectivity index (χ0n) is 12.4. The number of thiophene rings is 1. The van der Waals surface area contributed by atoms with Crippen LogP contribution in [0.2, 0.25) is 4.34 Å². The Morgan fingerprint density at radius 2 is 2.16 bits per heavy atom. The monoisotopic (exact) mass is 300 g/mol. The fourth-order valence-electron chi connectivity index (χ4n) is 2.57. The number of nitrogens with zero attached hydrogens (tertiary/aromatic N) is 1. The molecule has 0 saturated carbocycles. The van der Waals surface area contributed by atoms with Crippen molar-refractivity contribution in [2.45, 2.75) is 52.7 Å². The molecule has 0 amide bonds. The number of nitrogens with one attached hydrogen (secondary N) is 1. The van der Waals surface area contributed by atoms with Gasteiger partial charge in [0.1, 0.15) is 0 Å². The maximum absolute atomic E-state index is 6.04. The number of hydrogen-bond acceptors (Lipinski definition) is 3. The lowest BCUT2D eigenvalue weighted by Crippen LogP contribution is -2.46. The van der Waals surface area contributed by atoms with Crippen LogP contribution in [-0.4, -0.2) is 30.1 Å². The molecule has 1 aromatic heterocycles. The molecule has 0 bridgehead atoms. The number of hydrogen-bond donors (Lipinski definition) is 1. The molecule has 108 valence electrons. The molecule has 2 heterocycles. The normalized spacial score (nSPS) is 26.4. The Morgan fingerprint density at radius 1 is 1.42 bits per heavy atom. The highest BCUT2D eigenvalue weighted by atomic mass is 35.5. The summed E-state index contributed by atoms with van der Waals surface area (Å²) < 4.78 is 0.892. The molecular weight excluding hydrogens is 276 g/mol. The van der Waals surface area contributed by atoms with Crippen molar-refractivity contribution in [3.63, 3.8) is 0 Å². The van der Waals surface area contributed by atoms with E-state index in [0.29, 0.717) is 17.5 Å². The van der Waals surface area contributed by atoms with Crippen LogP contribution in [0.15, 0.2) is 12.1 Å². The van der Waals surface area contributed by atoms with Crippen molar-refractivity contribution in [3.8, 4) is 0 Å². The van der Waals surface area contributed by atoms with Gasteiger partial charge >= 0.3 is 0 Å². The van der Waals surface area contributed by atoms with E-state index < -0.39 is 0 Å². The summed E-state index contributed by atoms with van der Waals surface area (Å²) in [6.07, 6.45) is 1.21. The molecule has 0 radical (unpaired) electrons. The molecule has 0 aromatic carbocycles. The first-order valence-corrected chi connectivity index (χ1v) is 8.27. The molecule has 2 atom stereocenters. The molecule has 1 fully saturated rings. The van der Waals surface area contributed by atoms with E-state index in [4.69, 9.17) is 11.6 Å². The van der Waals surface area contributed by atoms with Gasteiger partial charge in [0.25, 0.3) is 0 Å². The third kappa shape index (κ3) is 4.19. The van der Waals surface area contributed by atoms with Crippen LogP contribution in [0.4, 0.5) is 0 Å². The highest BCUT2D eigenvalue weighted by Gasteiger charge is 2.30. The minimum atomic E-state index is 0.301. The molecule has 1 saturated heterocycles. The summed E-state index contributed by atoms with van der Waals surface area (Å²) in [5.41, 5.74) is 0.301. The fourth-order valence-corrected chi connectivity index (χ4v) is 3.68. The van der Waals surface area contributed by atoms with Gasteiger partial charge < -0.3 is 5.32 Å². The Kier molecular flexibility index (Phi) is 4.93. The van der Waals surface area contributed by atoms with Crippen molar-refractivity contribution in [2.24, 2.45) is 5.41 Å². The molecule has 2 nitrogen and oxygen atoms in total. The van der Waals surface area contributed by atoms with E-state index in [1.165, 1.54) is 11.3 Å². The topological polar surface area (TPSA) is 15.3 Å². The molecule has 1 aromatic rings. The van der Waals surface area contributed by atoms with Crippen LogP contribution >= 0.6 is 22.9 Å². The fraction of sp³-hybridized carbons (Fsp3) is 0.733. The van der Waals surface area contributed by atoms with Crippen molar-refractivity contribution in [2.75, 3.05) is 13.1 Å². The van der Waals surface area contributed by atoms with Gasteiger partial charge in [0.05, 0.1) is 4.34 Å². The number of rotatable bonds is 2. The molecule has 1 N–H and O–H groups in total. The minimum absolute atomic E-state index is 0.301. The van der Waals surface area contributed by atoms with Gasteiger partial charge in [0.15, 0.2) is 0 Å². The van der Waals surface area contributed by atoms with Crippen molar-refractivity contribution < 1.29 is 0 Å². The van der Waals surface area contributed by atoms with Crippen LogP contribution < -0.4 is 5.32 Å².